The number of anilines is 1. The van der Waals surface area contributed by atoms with E-state index in [1.54, 1.807) is 0 Å². The predicted molar refractivity (Wildman–Crippen MR) is 138 cm³/mol. The van der Waals surface area contributed by atoms with E-state index in [0.717, 1.165) is 54.4 Å². The van der Waals surface area contributed by atoms with Crippen LogP contribution < -0.4 is 10.5 Å². The molecule has 3 aliphatic rings. The van der Waals surface area contributed by atoms with Crippen LogP contribution in [-0.4, -0.2) is 30.2 Å². The minimum atomic E-state index is -0.194. The Morgan fingerprint density at radius 3 is 2.85 bits per heavy atom. The Balaban J connectivity index is 1.45. The molecule has 5 nitrogen and oxygen atoms in total. The number of nitrogen functional groups attached to an aromatic ring is 1. The molecule has 2 bridgehead atoms. The summed E-state index contributed by atoms with van der Waals surface area (Å²) in [5, 5.41) is 0. The lowest BCUT2D eigenvalue weighted by atomic mass is 9.52. The van der Waals surface area contributed by atoms with Crippen LogP contribution >= 0.6 is 15.9 Å². The molecule has 2 aromatic rings. The number of halogens is 1. The Labute approximate surface area is 211 Å². The predicted octanol–water partition coefficient (Wildman–Crippen LogP) is 6.61. The van der Waals surface area contributed by atoms with E-state index in [2.05, 4.69) is 28.9 Å². The van der Waals surface area contributed by atoms with Gasteiger partial charge in [0.1, 0.15) is 12.4 Å². The fourth-order valence-corrected chi connectivity index (χ4v) is 7.15. The number of amides is 1. The summed E-state index contributed by atoms with van der Waals surface area (Å²) in [6, 6.07) is 12.3. The van der Waals surface area contributed by atoms with Crippen molar-refractivity contribution in [2.45, 2.75) is 76.4 Å². The minimum Gasteiger partial charge on any atom is -0.491 e. The highest BCUT2D eigenvalue weighted by atomic mass is 79.9. The number of piperidine rings is 1. The maximum absolute atomic E-state index is 13.3. The molecule has 2 aromatic carbocycles. The average Bonchev–Trinajstić information content (AvgIpc) is 2.86. The molecular formula is C28H35BrN2O3. The maximum Gasteiger partial charge on any atom is 0.410 e. The Bertz CT molecular complexity index is 1040. The molecular weight excluding hydrogens is 492 g/mol. The highest BCUT2D eigenvalue weighted by molar-refractivity contribution is 9.10. The monoisotopic (exact) mass is 526 g/mol. The van der Waals surface area contributed by atoms with Gasteiger partial charge in [0.15, 0.2) is 0 Å². The molecule has 1 heterocycles. The molecule has 2 aliphatic carbocycles. The van der Waals surface area contributed by atoms with E-state index in [1.165, 1.54) is 30.4 Å². The van der Waals surface area contributed by atoms with Crippen molar-refractivity contribution in [3.8, 4) is 5.75 Å². The van der Waals surface area contributed by atoms with Crippen LogP contribution in [0.25, 0.3) is 0 Å². The molecule has 0 aromatic heterocycles. The first-order valence-corrected chi connectivity index (χ1v) is 13.6. The maximum atomic E-state index is 13.3. The van der Waals surface area contributed by atoms with E-state index < -0.39 is 0 Å². The minimum absolute atomic E-state index is 0.0891. The molecule has 182 valence electrons. The Morgan fingerprint density at radius 1 is 1.24 bits per heavy atom. The summed E-state index contributed by atoms with van der Waals surface area (Å²) in [7, 11) is 0. The third-order valence-electron chi connectivity index (χ3n) is 8.27. The third kappa shape index (κ3) is 4.08. The van der Waals surface area contributed by atoms with Gasteiger partial charge in [-0.05, 0) is 76.7 Å². The van der Waals surface area contributed by atoms with Gasteiger partial charge in [0, 0.05) is 22.5 Å². The summed E-state index contributed by atoms with van der Waals surface area (Å²) in [5.41, 5.74) is 11.0. The van der Waals surface area contributed by atoms with Crippen LogP contribution in [0.5, 0.6) is 5.75 Å². The van der Waals surface area contributed by atoms with Crippen molar-refractivity contribution < 1.29 is 14.3 Å². The number of hydrogen-bond donors (Lipinski definition) is 1. The van der Waals surface area contributed by atoms with Crippen molar-refractivity contribution >= 4 is 27.7 Å². The molecule has 0 spiro atoms. The zero-order chi connectivity index (χ0) is 23.7. The van der Waals surface area contributed by atoms with Crippen molar-refractivity contribution in [1.29, 1.82) is 0 Å². The smallest absolute Gasteiger partial charge is 0.410 e. The van der Waals surface area contributed by atoms with Gasteiger partial charge in [-0.2, -0.15) is 0 Å². The molecule has 2 fully saturated rings. The molecule has 5 rings (SSSR count). The molecule has 0 unspecified atom stereocenters. The Morgan fingerprint density at radius 2 is 2.06 bits per heavy atom. The number of ether oxygens (including phenoxy) is 2. The van der Waals surface area contributed by atoms with Gasteiger partial charge in [0.05, 0.1) is 12.3 Å². The molecule has 0 radical (unpaired) electrons. The van der Waals surface area contributed by atoms with Crippen LogP contribution in [0, 0.1) is 5.92 Å². The molecule has 1 saturated heterocycles. The summed E-state index contributed by atoms with van der Waals surface area (Å²) in [6.45, 7) is 3.90. The van der Waals surface area contributed by atoms with Crippen LogP contribution in [0.15, 0.2) is 40.9 Å². The second-order valence-electron chi connectivity index (χ2n) is 10.1. The van der Waals surface area contributed by atoms with Crippen molar-refractivity contribution in [1.82, 2.24) is 4.90 Å². The molecule has 34 heavy (non-hydrogen) atoms. The summed E-state index contributed by atoms with van der Waals surface area (Å²) in [6.07, 6.45) is 8.46. The summed E-state index contributed by atoms with van der Waals surface area (Å²) < 4.78 is 12.9. The number of fused-ring (bicyclic) bond motifs is 1. The van der Waals surface area contributed by atoms with Crippen LogP contribution in [0.1, 0.15) is 68.6 Å². The molecule has 2 N–H and O–H groups in total. The van der Waals surface area contributed by atoms with Gasteiger partial charge in [0.2, 0.25) is 0 Å². The lowest BCUT2D eigenvalue weighted by molar-refractivity contribution is -0.0138. The van der Waals surface area contributed by atoms with Gasteiger partial charge in [0.25, 0.3) is 0 Å². The first-order valence-electron chi connectivity index (χ1n) is 12.8. The Kier molecular flexibility index (Phi) is 6.79. The first kappa shape index (κ1) is 23.5. The van der Waals surface area contributed by atoms with Crippen LogP contribution in [0.3, 0.4) is 0 Å². The van der Waals surface area contributed by atoms with Crippen LogP contribution in [0.4, 0.5) is 10.5 Å². The van der Waals surface area contributed by atoms with E-state index in [4.69, 9.17) is 15.2 Å². The van der Waals surface area contributed by atoms with Crippen molar-refractivity contribution in [2.75, 3.05) is 18.9 Å². The standard InChI is InChI=1S/C28H35BrN2O3/c1-2-3-15-33-24-17-22-20(25(29)26(24)30)16-23-21-11-7-8-12-28(21,22)13-14-31(23)27(32)34-18-19-9-5-4-6-10-19/h4-6,9-10,17,21,23H,2-3,7-8,11-16,18,30H2,1H3/t21-,23+,28+/m1/s1. The number of carbonyl (C=O) groups is 1. The number of carbonyl (C=O) groups excluding carboxylic acids is 1. The van der Waals surface area contributed by atoms with Crippen molar-refractivity contribution in [3.63, 3.8) is 0 Å². The molecule has 3 atom stereocenters. The fourth-order valence-electron chi connectivity index (χ4n) is 6.57. The molecule has 1 amide bonds. The molecule has 1 saturated carbocycles. The Hall–Kier alpha value is -2.21. The second-order valence-corrected chi connectivity index (χ2v) is 10.9. The fraction of sp³-hybridized carbons (Fsp3) is 0.536. The normalized spacial score (nSPS) is 25.3. The highest BCUT2D eigenvalue weighted by Crippen LogP contribution is 2.58. The number of unbranched alkanes of at least 4 members (excludes halogenated alkanes) is 1. The number of rotatable bonds is 6. The zero-order valence-electron chi connectivity index (χ0n) is 20.0. The summed E-state index contributed by atoms with van der Waals surface area (Å²) >= 11 is 3.83. The van der Waals surface area contributed by atoms with Crippen molar-refractivity contribution in [3.05, 3.63) is 57.6 Å². The lowest BCUT2D eigenvalue weighted by Crippen LogP contribution is -2.62. The number of likely N-dealkylation sites (tertiary alicyclic amines) is 1. The number of benzene rings is 2. The average molecular weight is 528 g/mol. The van der Waals surface area contributed by atoms with Gasteiger partial charge in [-0.3, -0.25) is 0 Å². The number of hydrogen-bond acceptors (Lipinski definition) is 4. The van der Waals surface area contributed by atoms with E-state index in [0.29, 0.717) is 24.8 Å². The zero-order valence-corrected chi connectivity index (χ0v) is 21.6. The number of nitrogens with zero attached hydrogens (tertiary/aromatic N) is 1. The van der Waals surface area contributed by atoms with Gasteiger partial charge in [-0.15, -0.1) is 0 Å². The largest absolute Gasteiger partial charge is 0.491 e. The van der Waals surface area contributed by atoms with E-state index in [-0.39, 0.29) is 17.6 Å². The van der Waals surface area contributed by atoms with Crippen LogP contribution in [-0.2, 0) is 23.2 Å². The van der Waals surface area contributed by atoms with E-state index in [1.807, 2.05) is 35.2 Å². The lowest BCUT2D eigenvalue weighted by Gasteiger charge is -2.58. The SMILES string of the molecule is CCCCOc1cc2c(c(Br)c1N)C[C@H]1[C@H]3CCCC[C@@]23CCN1C(=O)OCc1ccccc1. The third-order valence-corrected chi connectivity index (χ3v) is 9.18. The molecule has 1 aliphatic heterocycles. The topological polar surface area (TPSA) is 64.8 Å². The van der Waals surface area contributed by atoms with Crippen molar-refractivity contribution in [2.24, 2.45) is 5.92 Å². The van der Waals surface area contributed by atoms with Gasteiger partial charge in [-0.25, -0.2) is 4.79 Å². The van der Waals surface area contributed by atoms with Crippen LogP contribution in [0.2, 0.25) is 0 Å². The quantitative estimate of drug-likeness (QED) is 0.339. The highest BCUT2D eigenvalue weighted by Gasteiger charge is 2.55. The van der Waals surface area contributed by atoms with Gasteiger partial charge < -0.3 is 20.1 Å². The molecule has 6 heteroatoms. The first-order chi connectivity index (χ1) is 16.5. The van der Waals surface area contributed by atoms with E-state index in [9.17, 15) is 4.79 Å². The number of nitrogens with two attached hydrogens (primary N) is 1. The van der Waals surface area contributed by atoms with E-state index >= 15 is 0 Å². The summed E-state index contributed by atoms with van der Waals surface area (Å²) in [5.74, 6) is 1.26. The second kappa shape index (κ2) is 9.80. The summed E-state index contributed by atoms with van der Waals surface area (Å²) in [4.78, 5) is 15.3. The van der Waals surface area contributed by atoms with Gasteiger partial charge in [-0.1, -0.05) is 56.5 Å². The van der Waals surface area contributed by atoms with Gasteiger partial charge >= 0.3 is 6.09 Å².